The molecule has 2 aromatic carbocycles. The first kappa shape index (κ1) is 11.5. The van der Waals surface area contributed by atoms with Crippen molar-refractivity contribution in [3.8, 4) is 0 Å². The molecule has 0 aromatic heterocycles. The molecule has 1 N–H and O–H groups in total. The first-order valence-corrected chi connectivity index (χ1v) is 5.89. The minimum Gasteiger partial charge on any atom is -0.381 e. The van der Waals surface area contributed by atoms with Crippen LogP contribution in [-0.2, 0) is 6.54 Å². The van der Waals surface area contributed by atoms with Crippen molar-refractivity contribution in [1.29, 1.82) is 0 Å². The third-order valence-corrected chi connectivity index (χ3v) is 2.70. The molecule has 1 nitrogen and oxygen atoms in total. The molecule has 17 heavy (non-hydrogen) atoms. The number of hydrogen-bond donors (Lipinski definition) is 1. The van der Waals surface area contributed by atoms with Gasteiger partial charge in [-0.3, -0.25) is 0 Å². The van der Waals surface area contributed by atoms with Crippen molar-refractivity contribution in [2.45, 2.75) is 13.5 Å². The summed E-state index contributed by atoms with van der Waals surface area (Å²) in [6.07, 6.45) is 2.11. The molecule has 2 rings (SSSR count). The zero-order chi connectivity index (χ0) is 11.9. The normalized spacial score (nSPS) is 11.2. The fourth-order valence-corrected chi connectivity index (χ4v) is 1.78. The lowest BCUT2D eigenvalue weighted by atomic mass is 10.1. The highest BCUT2D eigenvalue weighted by molar-refractivity contribution is 5.63. The highest BCUT2D eigenvalue weighted by Gasteiger charge is 1.98. The van der Waals surface area contributed by atoms with E-state index in [2.05, 4.69) is 66.8 Å². The summed E-state index contributed by atoms with van der Waals surface area (Å²) in [6.45, 7) is 2.91. The van der Waals surface area contributed by atoms with Crippen molar-refractivity contribution >= 4 is 5.70 Å². The van der Waals surface area contributed by atoms with Crippen molar-refractivity contribution in [1.82, 2.24) is 5.32 Å². The largest absolute Gasteiger partial charge is 0.381 e. The molecule has 0 aliphatic rings. The van der Waals surface area contributed by atoms with Gasteiger partial charge in [-0.05, 0) is 18.1 Å². The molecule has 0 spiro atoms. The van der Waals surface area contributed by atoms with Crippen LogP contribution in [0.15, 0.2) is 66.7 Å². The van der Waals surface area contributed by atoms with Gasteiger partial charge in [0.2, 0.25) is 0 Å². The van der Waals surface area contributed by atoms with E-state index in [9.17, 15) is 0 Å². The zero-order valence-corrected chi connectivity index (χ0v) is 10.1. The number of nitrogens with one attached hydrogen (secondary N) is 1. The topological polar surface area (TPSA) is 12.0 Å². The average molecular weight is 223 g/mol. The third kappa shape index (κ3) is 3.22. The molecular weight excluding hydrogens is 206 g/mol. The predicted octanol–water partition coefficient (Wildman–Crippen LogP) is 3.84. The number of hydrogen-bond acceptors (Lipinski definition) is 1. The smallest absolute Gasteiger partial charge is 0.0400 e. The van der Waals surface area contributed by atoms with Gasteiger partial charge in [0, 0.05) is 12.2 Å². The van der Waals surface area contributed by atoms with Crippen molar-refractivity contribution in [3.05, 3.63) is 77.9 Å². The van der Waals surface area contributed by atoms with Crippen LogP contribution in [-0.4, -0.2) is 0 Å². The molecule has 1 heteroatoms. The number of benzene rings is 2. The van der Waals surface area contributed by atoms with Crippen LogP contribution in [0.4, 0.5) is 0 Å². The number of allylic oxidation sites excluding steroid dienone is 1. The van der Waals surface area contributed by atoms with Crippen LogP contribution in [0.25, 0.3) is 5.70 Å². The van der Waals surface area contributed by atoms with E-state index in [1.807, 2.05) is 12.1 Å². The molecule has 0 fully saturated rings. The molecule has 0 radical (unpaired) electrons. The third-order valence-electron chi connectivity index (χ3n) is 2.70. The van der Waals surface area contributed by atoms with E-state index in [0.717, 1.165) is 6.54 Å². The fraction of sp³-hybridized carbons (Fsp3) is 0.125. The Hall–Kier alpha value is -2.02. The van der Waals surface area contributed by atoms with E-state index in [1.54, 1.807) is 0 Å². The molecule has 0 atom stereocenters. The molecule has 2 aromatic rings. The minimum atomic E-state index is 0.857. The molecular formula is C16H17N. The van der Waals surface area contributed by atoms with Crippen LogP contribution in [0, 0.1) is 0 Å². The van der Waals surface area contributed by atoms with Crippen LogP contribution in [0.1, 0.15) is 18.1 Å². The van der Waals surface area contributed by atoms with Gasteiger partial charge in [0.25, 0.3) is 0 Å². The molecule has 0 unspecified atom stereocenters. The summed E-state index contributed by atoms with van der Waals surface area (Å²) in [5.41, 5.74) is 3.70. The molecule has 0 aliphatic heterocycles. The van der Waals surface area contributed by atoms with Crippen molar-refractivity contribution in [3.63, 3.8) is 0 Å². The lowest BCUT2D eigenvalue weighted by Gasteiger charge is -2.10. The minimum absolute atomic E-state index is 0.857. The summed E-state index contributed by atoms with van der Waals surface area (Å²) in [6, 6.07) is 20.8. The second kappa shape index (κ2) is 5.90. The molecule has 0 aliphatic carbocycles. The summed E-state index contributed by atoms with van der Waals surface area (Å²) in [5, 5.41) is 3.46. The Morgan fingerprint density at radius 2 is 1.53 bits per heavy atom. The van der Waals surface area contributed by atoms with Crippen LogP contribution in [0.5, 0.6) is 0 Å². The van der Waals surface area contributed by atoms with Gasteiger partial charge >= 0.3 is 0 Å². The maximum absolute atomic E-state index is 3.46. The van der Waals surface area contributed by atoms with Crippen LogP contribution >= 0.6 is 0 Å². The Morgan fingerprint density at radius 1 is 0.941 bits per heavy atom. The lowest BCUT2D eigenvalue weighted by Crippen LogP contribution is -2.11. The van der Waals surface area contributed by atoms with E-state index in [-0.39, 0.29) is 0 Å². The highest BCUT2D eigenvalue weighted by atomic mass is 14.9. The first-order chi connectivity index (χ1) is 8.40. The van der Waals surface area contributed by atoms with E-state index in [4.69, 9.17) is 0 Å². The first-order valence-electron chi connectivity index (χ1n) is 5.89. The SMILES string of the molecule is C/C=C(/NCc1ccccc1)c1ccccc1. The Labute approximate surface area is 103 Å². The Bertz CT molecular complexity index is 471. The summed E-state index contributed by atoms with van der Waals surface area (Å²) < 4.78 is 0. The standard InChI is InChI=1S/C16H17N/c1-2-16(15-11-7-4-8-12-15)17-13-14-9-5-3-6-10-14/h2-12,17H,13H2,1H3/b16-2+. The molecule has 0 saturated carbocycles. The molecule has 0 saturated heterocycles. The van der Waals surface area contributed by atoms with Crippen molar-refractivity contribution in [2.24, 2.45) is 0 Å². The highest BCUT2D eigenvalue weighted by Crippen LogP contribution is 2.11. The maximum atomic E-state index is 3.46. The molecule has 0 bridgehead atoms. The van der Waals surface area contributed by atoms with E-state index in [1.165, 1.54) is 16.8 Å². The average Bonchev–Trinajstić information content (AvgIpc) is 2.42. The monoisotopic (exact) mass is 223 g/mol. The predicted molar refractivity (Wildman–Crippen MR) is 73.4 cm³/mol. The van der Waals surface area contributed by atoms with E-state index < -0.39 is 0 Å². The fourth-order valence-electron chi connectivity index (χ4n) is 1.78. The molecule has 86 valence electrons. The van der Waals surface area contributed by atoms with Gasteiger partial charge in [-0.15, -0.1) is 0 Å². The van der Waals surface area contributed by atoms with Gasteiger partial charge in [-0.25, -0.2) is 0 Å². The number of rotatable bonds is 4. The zero-order valence-electron chi connectivity index (χ0n) is 10.1. The van der Waals surface area contributed by atoms with Crippen LogP contribution in [0.3, 0.4) is 0 Å². The Kier molecular flexibility index (Phi) is 3.98. The van der Waals surface area contributed by atoms with Gasteiger partial charge in [0.15, 0.2) is 0 Å². The summed E-state index contributed by atoms with van der Waals surface area (Å²) >= 11 is 0. The summed E-state index contributed by atoms with van der Waals surface area (Å²) in [7, 11) is 0. The second-order valence-electron chi connectivity index (χ2n) is 3.91. The van der Waals surface area contributed by atoms with Crippen LogP contribution in [0.2, 0.25) is 0 Å². The van der Waals surface area contributed by atoms with Gasteiger partial charge in [-0.1, -0.05) is 66.7 Å². The molecule has 0 heterocycles. The molecule has 0 amide bonds. The Morgan fingerprint density at radius 3 is 2.12 bits per heavy atom. The summed E-state index contributed by atoms with van der Waals surface area (Å²) in [5.74, 6) is 0. The Balaban J connectivity index is 2.03. The van der Waals surface area contributed by atoms with E-state index >= 15 is 0 Å². The van der Waals surface area contributed by atoms with Gasteiger partial charge in [0.1, 0.15) is 0 Å². The van der Waals surface area contributed by atoms with E-state index in [0.29, 0.717) is 0 Å². The van der Waals surface area contributed by atoms with Crippen molar-refractivity contribution in [2.75, 3.05) is 0 Å². The second-order valence-corrected chi connectivity index (χ2v) is 3.91. The van der Waals surface area contributed by atoms with Gasteiger partial charge in [0.05, 0.1) is 0 Å². The van der Waals surface area contributed by atoms with Gasteiger partial charge in [-0.2, -0.15) is 0 Å². The summed E-state index contributed by atoms with van der Waals surface area (Å²) in [4.78, 5) is 0. The maximum Gasteiger partial charge on any atom is 0.0400 e. The lowest BCUT2D eigenvalue weighted by molar-refractivity contribution is 0.888. The van der Waals surface area contributed by atoms with Gasteiger partial charge < -0.3 is 5.32 Å². The quantitative estimate of drug-likeness (QED) is 0.830. The van der Waals surface area contributed by atoms with Crippen molar-refractivity contribution < 1.29 is 0 Å². The van der Waals surface area contributed by atoms with Crippen LogP contribution < -0.4 is 5.32 Å².